The zero-order valence-corrected chi connectivity index (χ0v) is 14.4. The number of rotatable bonds is 18. The van der Waals surface area contributed by atoms with Crippen molar-refractivity contribution in [2.75, 3.05) is 13.2 Å². The molecule has 0 spiro atoms. The summed E-state index contributed by atoms with van der Waals surface area (Å²) < 4.78 is 5.24. The van der Waals surface area contributed by atoms with Crippen LogP contribution >= 0.6 is 0 Å². The maximum absolute atomic E-state index is 10.3. The number of carboxylic acid groups (broad SMARTS) is 2. The number of hydrogen-bond donors (Lipinski definition) is 2. The predicted molar refractivity (Wildman–Crippen MR) is 90.7 cm³/mol. The molecule has 0 atom stereocenters. The minimum absolute atomic E-state index is 0.0968. The Hall–Kier alpha value is -1.10. The van der Waals surface area contributed by atoms with E-state index in [1.807, 2.05) is 0 Å². The molecule has 0 aromatic carbocycles. The first kappa shape index (κ1) is 21.9. The van der Waals surface area contributed by atoms with Gasteiger partial charge in [0.15, 0.2) is 0 Å². The molecular weight excluding hydrogens is 296 g/mol. The van der Waals surface area contributed by atoms with E-state index in [9.17, 15) is 9.59 Å². The summed E-state index contributed by atoms with van der Waals surface area (Å²) in [6.07, 6.45) is 14.5. The Labute approximate surface area is 140 Å². The molecule has 0 radical (unpaired) electrons. The van der Waals surface area contributed by atoms with Gasteiger partial charge in [-0.15, -0.1) is 0 Å². The summed E-state index contributed by atoms with van der Waals surface area (Å²) in [5.74, 6) is -1.48. The van der Waals surface area contributed by atoms with E-state index in [2.05, 4.69) is 0 Å². The van der Waals surface area contributed by atoms with Gasteiger partial charge in [-0.1, -0.05) is 64.2 Å². The average molecular weight is 330 g/mol. The van der Waals surface area contributed by atoms with Crippen LogP contribution in [0, 0.1) is 0 Å². The SMILES string of the molecule is O=C(O)CCCCCCCCCCCCCCOCCC(=O)O. The highest BCUT2D eigenvalue weighted by molar-refractivity contribution is 5.66. The number of carboxylic acids is 2. The Morgan fingerprint density at radius 1 is 0.522 bits per heavy atom. The van der Waals surface area contributed by atoms with Crippen molar-refractivity contribution < 1.29 is 24.5 Å². The van der Waals surface area contributed by atoms with E-state index in [1.165, 1.54) is 44.9 Å². The fourth-order valence-corrected chi connectivity index (χ4v) is 2.51. The molecule has 5 heteroatoms. The van der Waals surface area contributed by atoms with Crippen molar-refractivity contribution in [3.05, 3.63) is 0 Å². The zero-order valence-electron chi connectivity index (χ0n) is 14.4. The molecule has 136 valence electrons. The predicted octanol–water partition coefficient (Wildman–Crippen LogP) is 4.63. The molecule has 0 rings (SSSR count). The van der Waals surface area contributed by atoms with Gasteiger partial charge in [-0.3, -0.25) is 9.59 Å². The van der Waals surface area contributed by atoms with Crippen molar-refractivity contribution in [2.45, 2.75) is 89.9 Å². The van der Waals surface area contributed by atoms with Crippen LogP contribution in [0.25, 0.3) is 0 Å². The lowest BCUT2D eigenvalue weighted by Crippen LogP contribution is -2.03. The second-order valence-corrected chi connectivity index (χ2v) is 6.14. The Bertz CT molecular complexity index is 263. The lowest BCUT2D eigenvalue weighted by molar-refractivity contribution is -0.138. The molecule has 0 saturated carbocycles. The van der Waals surface area contributed by atoms with E-state index in [0.717, 1.165) is 32.1 Å². The zero-order chi connectivity index (χ0) is 17.2. The first-order valence-electron chi connectivity index (χ1n) is 9.14. The lowest BCUT2D eigenvalue weighted by atomic mass is 10.0. The van der Waals surface area contributed by atoms with Crippen LogP contribution in [0.3, 0.4) is 0 Å². The number of aliphatic carboxylic acids is 2. The Kier molecular flexibility index (Phi) is 16.4. The Morgan fingerprint density at radius 3 is 1.35 bits per heavy atom. The van der Waals surface area contributed by atoms with Crippen molar-refractivity contribution in [1.82, 2.24) is 0 Å². The highest BCUT2D eigenvalue weighted by Gasteiger charge is 1.98. The van der Waals surface area contributed by atoms with Crippen LogP contribution in [0.1, 0.15) is 89.9 Å². The van der Waals surface area contributed by atoms with E-state index in [0.29, 0.717) is 19.6 Å². The first-order valence-corrected chi connectivity index (χ1v) is 9.14. The maximum atomic E-state index is 10.3. The normalized spacial score (nSPS) is 10.8. The molecular formula is C18H34O5. The summed E-state index contributed by atoms with van der Waals surface area (Å²) in [6.45, 7) is 1.00. The number of carbonyl (C=O) groups is 2. The standard InChI is InChI=1S/C18H34O5/c19-17(20)13-11-9-7-5-3-1-2-4-6-8-10-12-15-23-16-14-18(21)22/h1-16H2,(H,19,20)(H,21,22). The first-order chi connectivity index (χ1) is 11.1. The molecule has 0 fully saturated rings. The molecule has 23 heavy (non-hydrogen) atoms. The largest absolute Gasteiger partial charge is 0.481 e. The van der Waals surface area contributed by atoms with Crippen LogP contribution in [-0.2, 0) is 14.3 Å². The molecule has 0 aliphatic rings. The molecule has 0 amide bonds. The van der Waals surface area contributed by atoms with Crippen molar-refractivity contribution in [1.29, 1.82) is 0 Å². The van der Waals surface area contributed by atoms with Crippen LogP contribution in [0.5, 0.6) is 0 Å². The second kappa shape index (κ2) is 17.3. The lowest BCUT2D eigenvalue weighted by Gasteiger charge is -2.04. The number of unbranched alkanes of at least 4 members (excludes halogenated alkanes) is 11. The fraction of sp³-hybridized carbons (Fsp3) is 0.889. The summed E-state index contributed by atoms with van der Waals surface area (Å²) in [5.41, 5.74) is 0. The van der Waals surface area contributed by atoms with Gasteiger partial charge >= 0.3 is 11.9 Å². The fourth-order valence-electron chi connectivity index (χ4n) is 2.51. The molecule has 0 unspecified atom stereocenters. The van der Waals surface area contributed by atoms with Crippen molar-refractivity contribution in [2.24, 2.45) is 0 Å². The van der Waals surface area contributed by atoms with E-state index in [1.54, 1.807) is 0 Å². The average Bonchev–Trinajstić information content (AvgIpc) is 2.49. The monoisotopic (exact) mass is 330 g/mol. The topological polar surface area (TPSA) is 83.8 Å². The van der Waals surface area contributed by atoms with Crippen LogP contribution in [0.4, 0.5) is 0 Å². The van der Waals surface area contributed by atoms with Gasteiger partial charge in [-0.25, -0.2) is 0 Å². The molecule has 0 saturated heterocycles. The van der Waals surface area contributed by atoms with Gasteiger partial charge in [0.1, 0.15) is 0 Å². The third kappa shape index (κ3) is 20.9. The van der Waals surface area contributed by atoms with Gasteiger partial charge in [0.25, 0.3) is 0 Å². The van der Waals surface area contributed by atoms with Crippen molar-refractivity contribution >= 4 is 11.9 Å². The highest BCUT2D eigenvalue weighted by atomic mass is 16.5. The van der Waals surface area contributed by atoms with Crippen LogP contribution in [0.2, 0.25) is 0 Å². The Morgan fingerprint density at radius 2 is 0.913 bits per heavy atom. The van der Waals surface area contributed by atoms with Gasteiger partial charge in [0.2, 0.25) is 0 Å². The van der Waals surface area contributed by atoms with Gasteiger partial charge in [0.05, 0.1) is 13.0 Å². The molecule has 2 N–H and O–H groups in total. The van der Waals surface area contributed by atoms with Gasteiger partial charge in [0, 0.05) is 13.0 Å². The van der Waals surface area contributed by atoms with Gasteiger partial charge in [-0.2, -0.15) is 0 Å². The van der Waals surface area contributed by atoms with Gasteiger partial charge < -0.3 is 14.9 Å². The molecule has 5 nitrogen and oxygen atoms in total. The Balaban J connectivity index is 3.00. The smallest absolute Gasteiger partial charge is 0.305 e. The third-order valence-electron chi connectivity index (χ3n) is 3.89. The summed E-state index contributed by atoms with van der Waals surface area (Å²) >= 11 is 0. The molecule has 0 bridgehead atoms. The van der Waals surface area contributed by atoms with E-state index >= 15 is 0 Å². The molecule has 0 heterocycles. The molecule has 0 aromatic rings. The van der Waals surface area contributed by atoms with Crippen molar-refractivity contribution in [3.8, 4) is 0 Å². The summed E-state index contributed by atoms with van der Waals surface area (Å²) in [4.78, 5) is 20.6. The van der Waals surface area contributed by atoms with E-state index in [-0.39, 0.29) is 6.42 Å². The van der Waals surface area contributed by atoms with Crippen molar-refractivity contribution in [3.63, 3.8) is 0 Å². The minimum Gasteiger partial charge on any atom is -0.481 e. The quantitative estimate of drug-likeness (QED) is 0.358. The summed E-state index contributed by atoms with van der Waals surface area (Å²) in [7, 11) is 0. The number of hydrogen-bond acceptors (Lipinski definition) is 3. The summed E-state index contributed by atoms with van der Waals surface area (Å²) in [5, 5.41) is 17.0. The highest BCUT2D eigenvalue weighted by Crippen LogP contribution is 2.12. The van der Waals surface area contributed by atoms with E-state index < -0.39 is 11.9 Å². The van der Waals surface area contributed by atoms with Crippen LogP contribution in [0.15, 0.2) is 0 Å². The minimum atomic E-state index is -0.801. The number of ether oxygens (including phenoxy) is 1. The summed E-state index contributed by atoms with van der Waals surface area (Å²) in [6, 6.07) is 0. The molecule has 0 aromatic heterocycles. The van der Waals surface area contributed by atoms with E-state index in [4.69, 9.17) is 14.9 Å². The molecule has 0 aliphatic carbocycles. The van der Waals surface area contributed by atoms with Gasteiger partial charge in [-0.05, 0) is 12.8 Å². The second-order valence-electron chi connectivity index (χ2n) is 6.14. The van der Waals surface area contributed by atoms with Crippen LogP contribution < -0.4 is 0 Å². The third-order valence-corrected chi connectivity index (χ3v) is 3.89. The van der Waals surface area contributed by atoms with Crippen LogP contribution in [-0.4, -0.2) is 35.4 Å². The molecule has 0 aliphatic heterocycles. The maximum Gasteiger partial charge on any atom is 0.305 e.